The van der Waals surface area contributed by atoms with Gasteiger partial charge < -0.3 is 20.7 Å². The number of amides is 3. The average molecular weight is 442 g/mol. The van der Waals surface area contributed by atoms with Crippen molar-refractivity contribution >= 4 is 29.1 Å². The van der Waals surface area contributed by atoms with Gasteiger partial charge in [0, 0.05) is 18.3 Å². The Morgan fingerprint density at radius 3 is 2.58 bits per heavy atom. The SMILES string of the molecule is CCN(C1CCC1)[C@@H](C(N)=O)C(=O)Nc1ccc(N2CCOCC2=O)c(C(F)(F)F)c1. The van der Waals surface area contributed by atoms with Gasteiger partial charge in [-0.1, -0.05) is 13.3 Å². The Morgan fingerprint density at radius 1 is 1.35 bits per heavy atom. The third-order valence-electron chi connectivity index (χ3n) is 5.60. The van der Waals surface area contributed by atoms with Crippen molar-refractivity contribution in [2.75, 3.05) is 36.5 Å². The summed E-state index contributed by atoms with van der Waals surface area (Å²) in [4.78, 5) is 39.5. The molecule has 2 aliphatic rings. The minimum Gasteiger partial charge on any atom is -0.370 e. The highest BCUT2D eigenvalue weighted by molar-refractivity contribution is 6.09. The molecule has 1 saturated heterocycles. The molecule has 0 radical (unpaired) electrons. The number of carbonyl (C=O) groups excluding carboxylic acids is 3. The van der Waals surface area contributed by atoms with Crippen LogP contribution in [0.25, 0.3) is 0 Å². The van der Waals surface area contributed by atoms with Crippen molar-refractivity contribution in [3.63, 3.8) is 0 Å². The minimum atomic E-state index is -4.76. The number of benzene rings is 1. The second-order valence-corrected chi connectivity index (χ2v) is 7.54. The number of anilines is 2. The third-order valence-corrected chi connectivity index (χ3v) is 5.60. The maximum atomic E-state index is 13.7. The van der Waals surface area contributed by atoms with Crippen LogP contribution in [-0.2, 0) is 25.3 Å². The third kappa shape index (κ3) is 4.99. The molecule has 3 rings (SSSR count). The van der Waals surface area contributed by atoms with Crippen LogP contribution in [0.4, 0.5) is 24.5 Å². The Labute approximate surface area is 177 Å². The predicted octanol–water partition coefficient (Wildman–Crippen LogP) is 1.74. The van der Waals surface area contributed by atoms with Crippen molar-refractivity contribution in [2.45, 2.75) is 44.4 Å². The number of nitrogens with zero attached hydrogens (tertiary/aromatic N) is 2. The maximum absolute atomic E-state index is 13.7. The number of ether oxygens (including phenoxy) is 1. The van der Waals surface area contributed by atoms with E-state index in [1.807, 2.05) is 0 Å². The molecule has 1 aromatic carbocycles. The highest BCUT2D eigenvalue weighted by Crippen LogP contribution is 2.39. The summed E-state index contributed by atoms with van der Waals surface area (Å²) >= 11 is 0. The molecule has 2 fully saturated rings. The molecule has 31 heavy (non-hydrogen) atoms. The van der Waals surface area contributed by atoms with Crippen molar-refractivity contribution in [1.29, 1.82) is 0 Å². The molecule has 170 valence electrons. The first-order valence-corrected chi connectivity index (χ1v) is 10.1. The summed E-state index contributed by atoms with van der Waals surface area (Å²) in [5.41, 5.74) is 3.92. The largest absolute Gasteiger partial charge is 0.418 e. The van der Waals surface area contributed by atoms with E-state index in [0.717, 1.165) is 36.3 Å². The first kappa shape index (κ1) is 23.0. The Bertz CT molecular complexity index is 857. The molecule has 0 aromatic heterocycles. The molecule has 1 atom stereocenters. The number of carbonyl (C=O) groups is 3. The van der Waals surface area contributed by atoms with E-state index in [9.17, 15) is 27.6 Å². The molecular formula is C20H25F3N4O4. The Kier molecular flexibility index (Phi) is 6.85. The number of nitrogens with two attached hydrogens (primary N) is 1. The monoisotopic (exact) mass is 442 g/mol. The van der Waals surface area contributed by atoms with Crippen LogP contribution in [0.5, 0.6) is 0 Å². The van der Waals surface area contributed by atoms with Gasteiger partial charge in [-0.2, -0.15) is 13.2 Å². The van der Waals surface area contributed by atoms with Gasteiger partial charge in [0.1, 0.15) is 6.61 Å². The van der Waals surface area contributed by atoms with Crippen molar-refractivity contribution < 1.29 is 32.3 Å². The lowest BCUT2D eigenvalue weighted by Crippen LogP contribution is -2.57. The Balaban J connectivity index is 1.87. The number of morpholine rings is 1. The fourth-order valence-electron chi connectivity index (χ4n) is 3.87. The fraction of sp³-hybridized carbons (Fsp3) is 0.550. The van der Waals surface area contributed by atoms with E-state index in [4.69, 9.17) is 10.5 Å². The molecule has 1 saturated carbocycles. The molecule has 8 nitrogen and oxygen atoms in total. The van der Waals surface area contributed by atoms with Crippen LogP contribution in [-0.4, -0.2) is 61.0 Å². The van der Waals surface area contributed by atoms with E-state index < -0.39 is 35.5 Å². The fourth-order valence-corrected chi connectivity index (χ4v) is 3.87. The van der Waals surface area contributed by atoms with Gasteiger partial charge in [0.25, 0.3) is 11.8 Å². The molecule has 0 spiro atoms. The van der Waals surface area contributed by atoms with Crippen molar-refractivity contribution in [3.8, 4) is 0 Å². The maximum Gasteiger partial charge on any atom is 0.418 e. The molecule has 3 amide bonds. The van der Waals surface area contributed by atoms with Crippen LogP contribution in [0.3, 0.4) is 0 Å². The van der Waals surface area contributed by atoms with Crippen LogP contribution in [0.15, 0.2) is 18.2 Å². The van der Waals surface area contributed by atoms with E-state index in [1.165, 1.54) is 6.07 Å². The molecule has 0 unspecified atom stereocenters. The smallest absolute Gasteiger partial charge is 0.370 e. The first-order valence-electron chi connectivity index (χ1n) is 10.1. The Morgan fingerprint density at radius 2 is 2.06 bits per heavy atom. The summed E-state index contributed by atoms with van der Waals surface area (Å²) in [6.45, 7) is 2.00. The van der Waals surface area contributed by atoms with E-state index in [2.05, 4.69) is 5.32 Å². The summed E-state index contributed by atoms with van der Waals surface area (Å²) in [6.07, 6.45) is -2.14. The normalized spacial score (nSPS) is 18.6. The van der Waals surface area contributed by atoms with Crippen LogP contribution >= 0.6 is 0 Å². The van der Waals surface area contributed by atoms with Crippen molar-refractivity contribution in [3.05, 3.63) is 23.8 Å². The van der Waals surface area contributed by atoms with Crippen LogP contribution in [0.1, 0.15) is 31.7 Å². The van der Waals surface area contributed by atoms with Gasteiger partial charge in [-0.3, -0.25) is 19.3 Å². The van der Waals surface area contributed by atoms with Gasteiger partial charge in [0.2, 0.25) is 5.91 Å². The first-order chi connectivity index (χ1) is 14.6. The van der Waals surface area contributed by atoms with E-state index in [-0.39, 0.29) is 37.2 Å². The summed E-state index contributed by atoms with van der Waals surface area (Å²) < 4.78 is 46.1. The van der Waals surface area contributed by atoms with Crippen molar-refractivity contribution in [2.24, 2.45) is 5.73 Å². The van der Waals surface area contributed by atoms with E-state index >= 15 is 0 Å². The minimum absolute atomic E-state index is 0.00971. The molecule has 11 heteroatoms. The highest BCUT2D eigenvalue weighted by Gasteiger charge is 2.39. The average Bonchev–Trinajstić information content (AvgIpc) is 2.65. The van der Waals surface area contributed by atoms with Crippen LogP contribution in [0, 0.1) is 0 Å². The number of rotatable bonds is 7. The summed E-state index contributed by atoms with van der Waals surface area (Å²) in [5.74, 6) is -2.23. The zero-order valence-electron chi connectivity index (χ0n) is 17.1. The molecule has 1 heterocycles. The lowest BCUT2D eigenvalue weighted by molar-refractivity contribution is -0.138. The summed E-state index contributed by atoms with van der Waals surface area (Å²) in [7, 11) is 0. The summed E-state index contributed by atoms with van der Waals surface area (Å²) in [5, 5.41) is 2.39. The lowest BCUT2D eigenvalue weighted by atomic mass is 9.90. The van der Waals surface area contributed by atoms with Gasteiger partial charge in [-0.15, -0.1) is 0 Å². The molecule has 0 bridgehead atoms. The second-order valence-electron chi connectivity index (χ2n) is 7.54. The molecular weight excluding hydrogens is 417 g/mol. The number of halogens is 3. The standard InChI is InChI=1S/C20H25F3N4O4/c1-2-26(13-4-3-5-13)17(18(24)29)19(30)25-12-6-7-15(14(10-12)20(21,22)23)27-8-9-31-11-16(27)28/h6-7,10,13,17H,2-5,8-9,11H2,1H3,(H2,24,29)(H,25,30)/t17-/m0/s1. The van der Waals surface area contributed by atoms with Crippen molar-refractivity contribution in [1.82, 2.24) is 4.90 Å². The van der Waals surface area contributed by atoms with Crippen LogP contribution < -0.4 is 16.0 Å². The van der Waals surface area contributed by atoms with Crippen LogP contribution in [0.2, 0.25) is 0 Å². The van der Waals surface area contributed by atoms with Gasteiger partial charge in [-0.25, -0.2) is 0 Å². The predicted molar refractivity (Wildman–Crippen MR) is 106 cm³/mol. The molecule has 1 aromatic rings. The van der Waals surface area contributed by atoms with Gasteiger partial charge in [-0.05, 0) is 37.6 Å². The second kappa shape index (κ2) is 9.23. The number of alkyl halides is 3. The zero-order valence-corrected chi connectivity index (χ0v) is 17.1. The number of hydrogen-bond donors (Lipinski definition) is 2. The number of nitrogens with one attached hydrogen (secondary N) is 1. The topological polar surface area (TPSA) is 105 Å². The lowest BCUT2D eigenvalue weighted by Gasteiger charge is -2.40. The molecule has 1 aliphatic heterocycles. The number of likely N-dealkylation sites (N-methyl/N-ethyl adjacent to an activating group) is 1. The van der Waals surface area contributed by atoms with Gasteiger partial charge >= 0.3 is 6.18 Å². The Hall–Kier alpha value is -2.66. The van der Waals surface area contributed by atoms with Gasteiger partial charge in [0.15, 0.2) is 6.04 Å². The quantitative estimate of drug-likeness (QED) is 0.626. The highest BCUT2D eigenvalue weighted by atomic mass is 19.4. The zero-order chi connectivity index (χ0) is 22.8. The number of primary amides is 1. The molecule has 3 N–H and O–H groups in total. The molecule has 1 aliphatic carbocycles. The van der Waals surface area contributed by atoms with E-state index in [1.54, 1.807) is 11.8 Å². The number of hydrogen-bond acceptors (Lipinski definition) is 5. The van der Waals surface area contributed by atoms with E-state index in [0.29, 0.717) is 6.54 Å². The summed E-state index contributed by atoms with van der Waals surface area (Å²) in [6, 6.07) is 1.90. The van der Waals surface area contributed by atoms with Gasteiger partial charge in [0.05, 0.1) is 17.9 Å².